The van der Waals surface area contributed by atoms with Crippen LogP contribution in [0.4, 0.5) is 0 Å². The monoisotopic (exact) mass is 808 g/mol. The number of aromatic nitrogens is 3. The van der Waals surface area contributed by atoms with Gasteiger partial charge < -0.3 is 27.9 Å². The normalized spacial score (nSPS) is 11.2. The minimum atomic E-state index is -1.76. The summed E-state index contributed by atoms with van der Waals surface area (Å²) in [6, 6.07) is 54.4. The highest BCUT2D eigenvalue weighted by molar-refractivity contribution is 7.95. The van der Waals surface area contributed by atoms with E-state index in [9.17, 15) is 15.0 Å². The van der Waals surface area contributed by atoms with Crippen LogP contribution in [-0.4, -0.2) is 43.6 Å². The van der Waals surface area contributed by atoms with Gasteiger partial charge in [-0.25, -0.2) is 9.67 Å². The Morgan fingerprint density at radius 2 is 0.983 bits per heavy atom. The Kier molecular flexibility index (Phi) is 14.9. The van der Waals surface area contributed by atoms with Gasteiger partial charge in [0.2, 0.25) is 0 Å². The van der Waals surface area contributed by atoms with Gasteiger partial charge in [0.1, 0.15) is 34.7 Å². The molecule has 0 saturated carbocycles. The van der Waals surface area contributed by atoms with Crippen molar-refractivity contribution in [2.75, 3.05) is 12.7 Å². The van der Waals surface area contributed by atoms with Gasteiger partial charge in [0.15, 0.2) is 11.6 Å². The first kappa shape index (κ1) is 41.9. The van der Waals surface area contributed by atoms with Crippen LogP contribution >= 0.6 is 7.26 Å². The predicted molar refractivity (Wildman–Crippen MR) is 235 cm³/mol. The van der Waals surface area contributed by atoms with Crippen molar-refractivity contribution >= 4 is 29.1 Å². The van der Waals surface area contributed by atoms with Gasteiger partial charge in [0.05, 0.1) is 23.0 Å². The third-order valence-electron chi connectivity index (χ3n) is 10.6. The molecule has 0 unspecified atom stereocenters. The Morgan fingerprint density at radius 1 is 0.534 bits per heavy atom. The van der Waals surface area contributed by atoms with Crippen LogP contribution in [0.5, 0.6) is 11.5 Å². The van der Waals surface area contributed by atoms with Crippen LogP contribution in [0, 0.1) is 0 Å². The Morgan fingerprint density at radius 3 is 1.50 bits per heavy atom. The van der Waals surface area contributed by atoms with Crippen molar-refractivity contribution in [1.29, 1.82) is 0 Å². The highest BCUT2D eigenvalue weighted by Gasteiger charge is 2.44. The quantitative estimate of drug-likeness (QED) is 0.0651. The molecule has 7 aromatic rings. The lowest BCUT2D eigenvalue weighted by atomic mass is 10.1. The van der Waals surface area contributed by atoms with Crippen molar-refractivity contribution < 1.29 is 27.4 Å². The number of rotatable bonds is 18. The van der Waals surface area contributed by atoms with E-state index in [2.05, 4.69) is 106 Å². The van der Waals surface area contributed by atoms with E-state index in [0.717, 1.165) is 12.8 Å². The first-order chi connectivity index (χ1) is 28.0. The van der Waals surface area contributed by atoms with Gasteiger partial charge in [0, 0.05) is 12.1 Å². The van der Waals surface area contributed by atoms with Crippen molar-refractivity contribution in [2.24, 2.45) is 0 Å². The van der Waals surface area contributed by atoms with Gasteiger partial charge >= 0.3 is 0 Å². The van der Waals surface area contributed by atoms with Crippen LogP contribution in [0.15, 0.2) is 164 Å². The maximum Gasteiger partial charge on any atom is 0.251 e. The molecule has 9 heteroatoms. The van der Waals surface area contributed by atoms with Crippen LogP contribution in [-0.2, 0) is 0 Å². The van der Waals surface area contributed by atoms with E-state index in [1.54, 1.807) is 53.2 Å². The lowest BCUT2D eigenvalue weighted by molar-refractivity contribution is -0.0000216. The second-order valence-corrected chi connectivity index (χ2v) is 18.0. The fraction of sp³-hybridized carbons (Fsp3) is 0.204. The van der Waals surface area contributed by atoms with E-state index in [0.29, 0.717) is 40.6 Å². The lowest BCUT2D eigenvalue weighted by Crippen LogP contribution is -3.00. The number of phenols is 2. The summed E-state index contributed by atoms with van der Waals surface area (Å²) >= 11 is 0. The number of amides is 1. The molecule has 58 heavy (non-hydrogen) atoms. The van der Waals surface area contributed by atoms with Gasteiger partial charge in [-0.2, -0.15) is 0 Å². The molecule has 6 aromatic carbocycles. The molecule has 0 atom stereocenters. The van der Waals surface area contributed by atoms with E-state index < -0.39 is 7.26 Å². The lowest BCUT2D eigenvalue weighted by Gasteiger charge is -2.27. The number of phenolic OH excluding ortho intramolecular Hbond substituents is 2. The van der Waals surface area contributed by atoms with Crippen molar-refractivity contribution in [3.05, 3.63) is 169 Å². The number of carbonyl (C=O) groups is 1. The summed E-state index contributed by atoms with van der Waals surface area (Å²) in [5, 5.41) is 33.2. The third-order valence-corrected chi connectivity index (χ3v) is 15.1. The molecule has 0 aliphatic carbocycles. The standard InChI is InChI=1S/C49H49N4O3P.ClH/c54-45-30-18-16-28-43(45)47-51-48(44-29-17-19-31-46(44)55)53(52-47)39-34-32-38(33-35-39)49(56)50-36-20-5-3-1-2-4-6-21-37-57(40-22-10-7-11-23-40,41-24-12-8-13-25-41)42-26-14-9-15-27-42;/h7-19,22-35H,1-6,20-21,36-37H2,(H2-,50,51,52,54,55,56);1H. The van der Waals surface area contributed by atoms with E-state index in [1.165, 1.54) is 60.6 Å². The molecule has 296 valence electrons. The molecular formula is C49H50ClN4O3P. The number of aromatic hydroxyl groups is 2. The number of halogens is 1. The zero-order chi connectivity index (χ0) is 39.3. The minimum absolute atomic E-state index is 0. The molecule has 0 spiro atoms. The fourth-order valence-corrected chi connectivity index (χ4v) is 12.0. The second-order valence-electron chi connectivity index (χ2n) is 14.4. The predicted octanol–water partition coefficient (Wildman–Crippen LogP) is 6.86. The molecule has 0 aliphatic heterocycles. The largest absolute Gasteiger partial charge is 1.00 e. The molecule has 7 nitrogen and oxygen atoms in total. The summed E-state index contributed by atoms with van der Waals surface area (Å²) in [4.78, 5) is 17.7. The maximum atomic E-state index is 13.0. The number of nitrogens with zero attached hydrogens (tertiary/aromatic N) is 3. The summed E-state index contributed by atoms with van der Waals surface area (Å²) in [5.74, 6) is 0.751. The van der Waals surface area contributed by atoms with Crippen molar-refractivity contribution in [3.8, 4) is 40.0 Å². The molecule has 1 amide bonds. The number of para-hydroxylation sites is 2. The van der Waals surface area contributed by atoms with Gasteiger partial charge in [-0.05, 0) is 104 Å². The molecular weight excluding hydrogens is 759 g/mol. The highest BCUT2D eigenvalue weighted by atomic mass is 35.5. The smallest absolute Gasteiger partial charge is 0.251 e. The van der Waals surface area contributed by atoms with E-state index >= 15 is 0 Å². The van der Waals surface area contributed by atoms with E-state index in [-0.39, 0.29) is 29.8 Å². The fourth-order valence-electron chi connectivity index (χ4n) is 7.58. The van der Waals surface area contributed by atoms with Gasteiger partial charge in [-0.3, -0.25) is 4.79 Å². The summed E-state index contributed by atoms with van der Waals surface area (Å²) < 4.78 is 1.62. The zero-order valence-corrected chi connectivity index (χ0v) is 34.3. The van der Waals surface area contributed by atoms with Gasteiger partial charge in [0.25, 0.3) is 5.91 Å². The van der Waals surface area contributed by atoms with Crippen molar-refractivity contribution in [2.45, 2.75) is 51.4 Å². The molecule has 0 fully saturated rings. The van der Waals surface area contributed by atoms with Crippen LogP contribution < -0.4 is 33.6 Å². The topological polar surface area (TPSA) is 100 Å². The molecule has 0 saturated heterocycles. The molecule has 1 heterocycles. The first-order valence-electron chi connectivity index (χ1n) is 20.0. The van der Waals surface area contributed by atoms with E-state index in [4.69, 9.17) is 0 Å². The third kappa shape index (κ3) is 9.85. The molecule has 7 rings (SSSR count). The van der Waals surface area contributed by atoms with Gasteiger partial charge in [-0.15, -0.1) is 5.10 Å². The van der Waals surface area contributed by atoms with Gasteiger partial charge in [-0.1, -0.05) is 111 Å². The Hall–Kier alpha value is -5.75. The summed E-state index contributed by atoms with van der Waals surface area (Å²) in [7, 11) is -1.76. The van der Waals surface area contributed by atoms with Crippen LogP contribution in [0.1, 0.15) is 61.7 Å². The summed E-state index contributed by atoms with van der Waals surface area (Å²) in [6.45, 7) is 0.634. The average molecular weight is 809 g/mol. The van der Waals surface area contributed by atoms with Crippen LogP contribution in [0.3, 0.4) is 0 Å². The van der Waals surface area contributed by atoms with Crippen LogP contribution in [0.25, 0.3) is 28.5 Å². The Bertz CT molecular complexity index is 2240. The molecule has 0 aliphatic rings. The number of hydrogen-bond donors (Lipinski definition) is 3. The number of carbonyl (C=O) groups excluding carboxylic acids is 1. The molecule has 3 N–H and O–H groups in total. The average Bonchev–Trinajstić information content (AvgIpc) is 3.70. The maximum absolute atomic E-state index is 13.0. The molecule has 0 bridgehead atoms. The second kappa shape index (κ2) is 20.6. The van der Waals surface area contributed by atoms with Crippen molar-refractivity contribution in [3.63, 3.8) is 0 Å². The Labute approximate surface area is 348 Å². The Balaban J connectivity index is 0.00000567. The number of nitrogens with one attached hydrogen (secondary N) is 1. The molecule has 1 aromatic heterocycles. The number of benzene rings is 6. The number of hydrogen-bond acceptors (Lipinski definition) is 5. The molecule has 0 radical (unpaired) electrons. The SMILES string of the molecule is O=C(NCCCCCCCCCC[P+](c1ccccc1)(c1ccccc1)c1ccccc1)c1ccc(-n2nc(-c3ccccc3O)nc2-c2ccccc2O)cc1.[Cl-]. The van der Waals surface area contributed by atoms with Crippen LogP contribution in [0.2, 0.25) is 0 Å². The zero-order valence-electron chi connectivity index (χ0n) is 32.6. The van der Waals surface area contributed by atoms with Crippen molar-refractivity contribution in [1.82, 2.24) is 20.1 Å². The van der Waals surface area contributed by atoms with E-state index in [1.807, 2.05) is 24.3 Å². The minimum Gasteiger partial charge on any atom is -1.00 e. The first-order valence-corrected chi connectivity index (χ1v) is 22.0. The highest BCUT2D eigenvalue weighted by Crippen LogP contribution is 2.56. The number of unbranched alkanes of at least 4 members (excludes halogenated alkanes) is 7. The summed E-state index contributed by atoms with van der Waals surface area (Å²) in [5.41, 5.74) is 2.21. The summed E-state index contributed by atoms with van der Waals surface area (Å²) in [6.07, 6.45) is 10.5.